The van der Waals surface area contributed by atoms with E-state index in [1.807, 2.05) is 0 Å². The molecule has 4 nitrogen and oxygen atoms in total. The maximum Gasteiger partial charge on any atom is 0.137 e. The van der Waals surface area contributed by atoms with Gasteiger partial charge in [-0.15, -0.1) is 0 Å². The quantitative estimate of drug-likeness (QED) is 0.642. The van der Waals surface area contributed by atoms with Crippen LogP contribution in [-0.2, 0) is 18.5 Å². The Morgan fingerprint density at radius 2 is 2.60 bits per heavy atom. The lowest BCUT2D eigenvalue weighted by Gasteiger charge is -1.98. The fraction of sp³-hybridized carbons (Fsp3) is 0.400. The largest absolute Gasteiger partial charge is 0.320 e. The van der Waals surface area contributed by atoms with Crippen LogP contribution >= 0.6 is 11.6 Å². The number of rotatable bonds is 2. The predicted molar refractivity (Wildman–Crippen MR) is 37.2 cm³/mol. The maximum absolute atomic E-state index is 5.67. The molecule has 0 radical (unpaired) electrons. The summed E-state index contributed by atoms with van der Waals surface area (Å²) in [6, 6.07) is 0. The van der Waals surface area contributed by atoms with Gasteiger partial charge in [-0.25, -0.2) is 10.9 Å². The molecule has 1 aromatic rings. The fourth-order valence-corrected chi connectivity index (χ4v) is 0.779. The maximum atomic E-state index is 5.67. The molecule has 0 amide bonds. The first-order valence-corrected chi connectivity index (χ1v) is 3.11. The molecule has 0 unspecified atom stereocenters. The highest BCUT2D eigenvalue weighted by atomic mass is 35.5. The van der Waals surface area contributed by atoms with Gasteiger partial charge in [0.15, 0.2) is 0 Å². The van der Waals surface area contributed by atoms with Crippen molar-refractivity contribution in [2.45, 2.75) is 6.61 Å². The third kappa shape index (κ3) is 1.29. The van der Waals surface area contributed by atoms with Gasteiger partial charge in [-0.2, -0.15) is 0 Å². The van der Waals surface area contributed by atoms with Crippen LogP contribution in [0.25, 0.3) is 0 Å². The Labute approximate surface area is 63.5 Å². The lowest BCUT2D eigenvalue weighted by molar-refractivity contribution is 0.116. The van der Waals surface area contributed by atoms with Crippen molar-refractivity contribution < 1.29 is 4.84 Å². The zero-order chi connectivity index (χ0) is 7.56. The Bertz CT molecular complexity index is 223. The molecular weight excluding hydrogens is 154 g/mol. The summed E-state index contributed by atoms with van der Waals surface area (Å²) in [5.74, 6) is 5.56. The van der Waals surface area contributed by atoms with E-state index in [1.54, 1.807) is 17.8 Å². The zero-order valence-electron chi connectivity index (χ0n) is 5.54. The molecule has 2 N–H and O–H groups in total. The molecule has 1 rings (SSSR count). The van der Waals surface area contributed by atoms with Crippen molar-refractivity contribution in [3.05, 3.63) is 17.2 Å². The number of imidazole rings is 1. The van der Waals surface area contributed by atoms with Crippen LogP contribution in [0.5, 0.6) is 0 Å². The van der Waals surface area contributed by atoms with E-state index in [1.165, 1.54) is 0 Å². The molecule has 0 bridgehead atoms. The molecule has 1 heterocycles. The van der Waals surface area contributed by atoms with Crippen molar-refractivity contribution in [2.75, 3.05) is 0 Å². The summed E-state index contributed by atoms with van der Waals surface area (Å²) in [5, 5.41) is 0.576. The van der Waals surface area contributed by atoms with Gasteiger partial charge >= 0.3 is 0 Å². The van der Waals surface area contributed by atoms with Gasteiger partial charge in [0.2, 0.25) is 0 Å². The van der Waals surface area contributed by atoms with Crippen LogP contribution in [-0.4, -0.2) is 9.55 Å². The first-order chi connectivity index (χ1) is 4.75. The summed E-state index contributed by atoms with van der Waals surface area (Å²) >= 11 is 5.67. The lowest BCUT2D eigenvalue weighted by Crippen LogP contribution is -2.04. The van der Waals surface area contributed by atoms with Crippen LogP contribution in [0.4, 0.5) is 0 Å². The minimum atomic E-state index is 0.281. The SMILES string of the molecule is Cn1c(Cl)cnc1CON. The van der Waals surface area contributed by atoms with E-state index in [4.69, 9.17) is 17.5 Å². The first-order valence-electron chi connectivity index (χ1n) is 2.73. The van der Waals surface area contributed by atoms with Crippen molar-refractivity contribution in [2.24, 2.45) is 12.9 Å². The van der Waals surface area contributed by atoms with Crippen molar-refractivity contribution >= 4 is 11.6 Å². The average molecular weight is 162 g/mol. The molecule has 10 heavy (non-hydrogen) atoms. The summed E-state index contributed by atoms with van der Waals surface area (Å²) in [6.07, 6.45) is 1.55. The Hall–Kier alpha value is -0.580. The fourth-order valence-electron chi connectivity index (χ4n) is 0.633. The van der Waals surface area contributed by atoms with Gasteiger partial charge in [0.05, 0.1) is 6.20 Å². The smallest absolute Gasteiger partial charge is 0.137 e. The number of aromatic nitrogens is 2. The summed E-state index contributed by atoms with van der Waals surface area (Å²) in [5.41, 5.74) is 0. The lowest BCUT2D eigenvalue weighted by atomic mass is 10.6. The Balaban J connectivity index is 2.83. The van der Waals surface area contributed by atoms with E-state index >= 15 is 0 Å². The van der Waals surface area contributed by atoms with Crippen molar-refractivity contribution in [1.29, 1.82) is 0 Å². The van der Waals surface area contributed by atoms with E-state index in [-0.39, 0.29) is 6.61 Å². The summed E-state index contributed by atoms with van der Waals surface area (Å²) < 4.78 is 1.70. The van der Waals surface area contributed by atoms with E-state index in [9.17, 15) is 0 Å². The Morgan fingerprint density at radius 3 is 3.00 bits per heavy atom. The highest BCUT2D eigenvalue weighted by Gasteiger charge is 2.02. The number of hydrogen-bond donors (Lipinski definition) is 1. The number of halogens is 1. The number of nitrogens with zero attached hydrogens (tertiary/aromatic N) is 2. The molecule has 0 aliphatic heterocycles. The zero-order valence-corrected chi connectivity index (χ0v) is 6.30. The van der Waals surface area contributed by atoms with Gasteiger partial charge in [-0.3, -0.25) is 4.84 Å². The van der Waals surface area contributed by atoms with Crippen LogP contribution in [0, 0.1) is 0 Å². The number of hydrogen-bond acceptors (Lipinski definition) is 3. The minimum absolute atomic E-state index is 0.281. The molecule has 0 aromatic carbocycles. The standard InChI is InChI=1S/C5H8ClN3O/c1-9-4(6)2-8-5(9)3-10-7/h2H,3,7H2,1H3. The second kappa shape index (κ2) is 3.01. The molecule has 56 valence electrons. The van der Waals surface area contributed by atoms with Crippen molar-refractivity contribution in [3.8, 4) is 0 Å². The molecule has 0 atom stereocenters. The highest BCUT2D eigenvalue weighted by molar-refractivity contribution is 6.29. The van der Waals surface area contributed by atoms with Gasteiger partial charge in [0.1, 0.15) is 17.6 Å². The van der Waals surface area contributed by atoms with Crippen LogP contribution in [0.3, 0.4) is 0 Å². The summed E-state index contributed by atoms with van der Waals surface area (Å²) in [4.78, 5) is 8.31. The predicted octanol–water partition coefficient (Wildman–Crippen LogP) is 0.464. The van der Waals surface area contributed by atoms with Crippen molar-refractivity contribution in [1.82, 2.24) is 9.55 Å². The summed E-state index contributed by atoms with van der Waals surface area (Å²) in [6.45, 7) is 0.281. The third-order valence-corrected chi connectivity index (χ3v) is 1.59. The van der Waals surface area contributed by atoms with Crippen molar-refractivity contribution in [3.63, 3.8) is 0 Å². The molecule has 0 saturated heterocycles. The second-order valence-electron chi connectivity index (χ2n) is 1.87. The summed E-state index contributed by atoms with van der Waals surface area (Å²) in [7, 11) is 1.80. The van der Waals surface area contributed by atoms with Crippen LogP contribution < -0.4 is 5.90 Å². The topological polar surface area (TPSA) is 53.1 Å². The normalized spacial score (nSPS) is 10.3. The second-order valence-corrected chi connectivity index (χ2v) is 2.25. The molecule has 0 aliphatic carbocycles. The van der Waals surface area contributed by atoms with Crippen LogP contribution in [0.15, 0.2) is 6.20 Å². The van der Waals surface area contributed by atoms with E-state index in [0.717, 1.165) is 0 Å². The highest BCUT2D eigenvalue weighted by Crippen LogP contribution is 2.08. The van der Waals surface area contributed by atoms with E-state index in [2.05, 4.69) is 9.82 Å². The van der Waals surface area contributed by atoms with Gasteiger partial charge < -0.3 is 4.57 Å². The first kappa shape index (κ1) is 7.53. The van der Waals surface area contributed by atoms with Gasteiger partial charge in [-0.05, 0) is 0 Å². The molecule has 1 aromatic heterocycles. The minimum Gasteiger partial charge on any atom is -0.320 e. The molecular formula is C5H8ClN3O. The Morgan fingerprint density at radius 1 is 1.90 bits per heavy atom. The molecule has 0 fully saturated rings. The van der Waals surface area contributed by atoms with Crippen LogP contribution in [0.2, 0.25) is 5.15 Å². The number of nitrogens with two attached hydrogens (primary N) is 1. The average Bonchev–Trinajstić information content (AvgIpc) is 2.20. The molecule has 0 spiro atoms. The molecule has 0 aliphatic rings. The Kier molecular flexibility index (Phi) is 2.26. The van der Waals surface area contributed by atoms with Gasteiger partial charge in [0.25, 0.3) is 0 Å². The van der Waals surface area contributed by atoms with E-state index < -0.39 is 0 Å². The monoisotopic (exact) mass is 161 g/mol. The molecule has 0 saturated carbocycles. The van der Waals surface area contributed by atoms with E-state index in [0.29, 0.717) is 11.0 Å². The van der Waals surface area contributed by atoms with Gasteiger partial charge in [0, 0.05) is 7.05 Å². The van der Waals surface area contributed by atoms with Crippen LogP contribution in [0.1, 0.15) is 5.82 Å². The molecule has 5 heteroatoms. The van der Waals surface area contributed by atoms with Gasteiger partial charge in [-0.1, -0.05) is 11.6 Å². The third-order valence-electron chi connectivity index (χ3n) is 1.24.